The van der Waals surface area contributed by atoms with Crippen molar-refractivity contribution in [1.82, 2.24) is 14.1 Å². The molecular formula is C22H23ClN4O5S. The Morgan fingerprint density at radius 2 is 1.61 bits per heavy atom. The minimum absolute atomic E-state index is 0.0463. The number of hydrogen-bond donors (Lipinski definition) is 0. The molecule has 0 aliphatic carbocycles. The largest absolute Gasteiger partial charge is 0.493 e. The number of piperazine rings is 1. The van der Waals surface area contributed by atoms with Crippen LogP contribution in [0.25, 0.3) is 5.69 Å². The van der Waals surface area contributed by atoms with Gasteiger partial charge in [-0.3, -0.25) is 4.79 Å². The molecule has 3 aromatic rings. The van der Waals surface area contributed by atoms with Crippen LogP contribution in [0.15, 0.2) is 64.4 Å². The molecule has 11 heteroatoms. The van der Waals surface area contributed by atoms with Crippen molar-refractivity contribution < 1.29 is 17.9 Å². The summed E-state index contributed by atoms with van der Waals surface area (Å²) >= 11 is 6.39. The van der Waals surface area contributed by atoms with Crippen LogP contribution in [0.5, 0.6) is 11.5 Å². The minimum atomic E-state index is -3.73. The first kappa shape index (κ1) is 23.1. The molecule has 1 aliphatic rings. The Kier molecular flexibility index (Phi) is 6.59. The molecule has 0 saturated carbocycles. The molecule has 0 spiro atoms. The first-order chi connectivity index (χ1) is 15.9. The van der Waals surface area contributed by atoms with Crippen LogP contribution in [-0.2, 0) is 10.0 Å². The van der Waals surface area contributed by atoms with Crippen molar-refractivity contribution in [2.45, 2.75) is 4.90 Å². The summed E-state index contributed by atoms with van der Waals surface area (Å²) in [6, 6.07) is 13.5. The van der Waals surface area contributed by atoms with Crippen molar-refractivity contribution in [1.29, 1.82) is 0 Å². The molecule has 4 rings (SSSR count). The number of halogens is 1. The third-order valence-electron chi connectivity index (χ3n) is 5.47. The molecular weight excluding hydrogens is 468 g/mol. The van der Waals surface area contributed by atoms with Gasteiger partial charge in [0.2, 0.25) is 10.0 Å². The number of ether oxygens (including phenoxy) is 2. The molecule has 1 aromatic heterocycles. The lowest BCUT2D eigenvalue weighted by atomic mass is 10.3. The SMILES string of the molecule is COc1ccc(S(=O)(=O)N2CCN(c3cnn(-c4ccccc4)c(=O)c3Cl)CC2)cc1OC. The van der Waals surface area contributed by atoms with Crippen molar-refractivity contribution in [2.24, 2.45) is 0 Å². The fraction of sp³-hybridized carbons (Fsp3) is 0.273. The second kappa shape index (κ2) is 9.42. The maximum Gasteiger partial charge on any atom is 0.292 e. The zero-order valence-electron chi connectivity index (χ0n) is 18.1. The number of sulfonamides is 1. The van der Waals surface area contributed by atoms with E-state index < -0.39 is 15.6 Å². The van der Waals surface area contributed by atoms with Crippen LogP contribution in [0.3, 0.4) is 0 Å². The normalized spacial score (nSPS) is 14.8. The number of nitrogens with zero attached hydrogens (tertiary/aromatic N) is 4. The first-order valence-corrected chi connectivity index (χ1v) is 12.0. The van der Waals surface area contributed by atoms with Gasteiger partial charge in [-0.25, -0.2) is 8.42 Å². The average molecular weight is 491 g/mol. The van der Waals surface area contributed by atoms with E-state index in [1.54, 1.807) is 18.2 Å². The molecule has 1 saturated heterocycles. The van der Waals surface area contributed by atoms with Gasteiger partial charge in [-0.15, -0.1) is 0 Å². The summed E-state index contributed by atoms with van der Waals surface area (Å²) in [5.41, 5.74) is 0.666. The average Bonchev–Trinajstić information content (AvgIpc) is 2.85. The van der Waals surface area contributed by atoms with Crippen LogP contribution in [-0.4, -0.2) is 62.9 Å². The summed E-state index contributed by atoms with van der Waals surface area (Å²) in [7, 11) is -0.785. The molecule has 0 bridgehead atoms. The Morgan fingerprint density at radius 1 is 0.939 bits per heavy atom. The highest BCUT2D eigenvalue weighted by atomic mass is 35.5. The second-order valence-corrected chi connectivity index (χ2v) is 9.62. The Labute approximate surface area is 196 Å². The van der Waals surface area contributed by atoms with E-state index in [1.807, 2.05) is 23.1 Å². The van der Waals surface area contributed by atoms with Gasteiger partial charge in [-0.05, 0) is 24.3 Å². The molecule has 0 amide bonds. The number of benzene rings is 2. The molecule has 2 heterocycles. The summed E-state index contributed by atoms with van der Waals surface area (Å²) in [6.45, 7) is 1.19. The van der Waals surface area contributed by atoms with Gasteiger partial charge in [0.25, 0.3) is 5.56 Å². The number of para-hydroxylation sites is 1. The summed E-state index contributed by atoms with van der Waals surface area (Å²) in [6.07, 6.45) is 1.54. The summed E-state index contributed by atoms with van der Waals surface area (Å²) in [5, 5.41) is 4.30. The van der Waals surface area contributed by atoms with E-state index in [0.29, 0.717) is 36.0 Å². The fourth-order valence-electron chi connectivity index (χ4n) is 3.69. The van der Waals surface area contributed by atoms with E-state index in [1.165, 1.54) is 41.5 Å². The topological polar surface area (TPSA) is 94.0 Å². The van der Waals surface area contributed by atoms with E-state index in [0.717, 1.165) is 0 Å². The number of aromatic nitrogens is 2. The molecule has 0 N–H and O–H groups in total. The van der Waals surface area contributed by atoms with Gasteiger partial charge in [-0.1, -0.05) is 29.8 Å². The highest BCUT2D eigenvalue weighted by Crippen LogP contribution is 2.31. The van der Waals surface area contributed by atoms with Crippen molar-refractivity contribution in [2.75, 3.05) is 45.3 Å². The van der Waals surface area contributed by atoms with Crippen molar-refractivity contribution in [3.63, 3.8) is 0 Å². The number of methoxy groups -OCH3 is 2. The van der Waals surface area contributed by atoms with Gasteiger partial charge in [0.1, 0.15) is 5.02 Å². The smallest absolute Gasteiger partial charge is 0.292 e. The summed E-state index contributed by atoms with van der Waals surface area (Å²) < 4.78 is 39.3. The molecule has 0 unspecified atom stereocenters. The molecule has 9 nitrogen and oxygen atoms in total. The van der Waals surface area contributed by atoms with Crippen LogP contribution in [0.1, 0.15) is 0 Å². The van der Waals surface area contributed by atoms with E-state index in [2.05, 4.69) is 5.10 Å². The van der Waals surface area contributed by atoms with E-state index in [4.69, 9.17) is 21.1 Å². The van der Waals surface area contributed by atoms with Crippen molar-refractivity contribution in [3.8, 4) is 17.2 Å². The predicted octanol–water partition coefficient (Wildman–Crippen LogP) is 2.41. The summed E-state index contributed by atoms with van der Waals surface area (Å²) in [4.78, 5) is 14.8. The Morgan fingerprint density at radius 3 is 2.24 bits per heavy atom. The Bertz CT molecular complexity index is 1310. The number of hydrogen-bond acceptors (Lipinski definition) is 7. The quantitative estimate of drug-likeness (QED) is 0.523. The lowest BCUT2D eigenvalue weighted by molar-refractivity contribution is 0.353. The number of anilines is 1. The lowest BCUT2D eigenvalue weighted by Crippen LogP contribution is -2.49. The lowest BCUT2D eigenvalue weighted by Gasteiger charge is -2.35. The van der Waals surface area contributed by atoms with E-state index in [-0.39, 0.29) is 23.0 Å². The molecule has 1 fully saturated rings. The highest BCUT2D eigenvalue weighted by Gasteiger charge is 2.30. The monoisotopic (exact) mass is 490 g/mol. The summed E-state index contributed by atoms with van der Waals surface area (Å²) in [5.74, 6) is 0.794. The maximum atomic E-state index is 13.1. The van der Waals surface area contributed by atoms with Gasteiger partial charge in [-0.2, -0.15) is 14.1 Å². The second-order valence-electron chi connectivity index (χ2n) is 7.30. The van der Waals surface area contributed by atoms with Gasteiger partial charge < -0.3 is 14.4 Å². The fourth-order valence-corrected chi connectivity index (χ4v) is 5.38. The standard InChI is InChI=1S/C22H23ClN4O5S/c1-31-19-9-8-17(14-20(19)32-2)33(29,30)26-12-10-25(11-13-26)18-15-24-27(22(28)21(18)23)16-6-4-3-5-7-16/h3-9,14-15H,10-13H2,1-2H3. The maximum absolute atomic E-state index is 13.1. The third kappa shape index (κ3) is 4.41. The first-order valence-electron chi connectivity index (χ1n) is 10.2. The minimum Gasteiger partial charge on any atom is -0.493 e. The van der Waals surface area contributed by atoms with Crippen LogP contribution in [0.4, 0.5) is 5.69 Å². The highest BCUT2D eigenvalue weighted by molar-refractivity contribution is 7.89. The molecule has 1 aliphatic heterocycles. The molecule has 0 atom stereocenters. The number of rotatable bonds is 6. The van der Waals surface area contributed by atoms with Gasteiger partial charge >= 0.3 is 0 Å². The van der Waals surface area contributed by atoms with Gasteiger partial charge in [0.15, 0.2) is 11.5 Å². The van der Waals surface area contributed by atoms with Gasteiger partial charge in [0, 0.05) is 32.2 Å². The molecule has 2 aromatic carbocycles. The van der Waals surface area contributed by atoms with Crippen LogP contribution >= 0.6 is 11.6 Å². The zero-order valence-corrected chi connectivity index (χ0v) is 19.7. The van der Waals surface area contributed by atoms with Crippen LogP contribution in [0, 0.1) is 0 Å². The third-order valence-corrected chi connectivity index (χ3v) is 7.72. The molecule has 33 heavy (non-hydrogen) atoms. The molecule has 0 radical (unpaired) electrons. The van der Waals surface area contributed by atoms with E-state index >= 15 is 0 Å². The van der Waals surface area contributed by atoms with Crippen molar-refractivity contribution in [3.05, 3.63) is 70.1 Å². The van der Waals surface area contributed by atoms with Crippen LogP contribution < -0.4 is 19.9 Å². The zero-order chi connectivity index (χ0) is 23.6. The Balaban J connectivity index is 1.52. The molecule has 174 valence electrons. The Hall–Kier alpha value is -3.08. The van der Waals surface area contributed by atoms with Crippen molar-refractivity contribution >= 4 is 27.3 Å². The predicted molar refractivity (Wildman–Crippen MR) is 125 cm³/mol. The van der Waals surface area contributed by atoms with E-state index in [9.17, 15) is 13.2 Å². The van der Waals surface area contributed by atoms with Crippen LogP contribution in [0.2, 0.25) is 5.02 Å². The van der Waals surface area contributed by atoms with Gasteiger partial charge in [0.05, 0.1) is 36.7 Å².